The molecule has 0 fully saturated rings. The van der Waals surface area contributed by atoms with Gasteiger partial charge in [-0.25, -0.2) is 8.42 Å². The Morgan fingerprint density at radius 3 is 2.43 bits per heavy atom. The first-order valence-corrected chi connectivity index (χ1v) is 8.60. The van der Waals surface area contributed by atoms with Crippen LogP contribution in [0.1, 0.15) is 16.7 Å². The molecule has 0 aromatic heterocycles. The molecule has 0 spiro atoms. The number of rotatable bonds is 4. The van der Waals surface area contributed by atoms with Gasteiger partial charge in [0.2, 0.25) is 10.0 Å². The number of aryl methyl sites for hydroxylation is 1. The van der Waals surface area contributed by atoms with Crippen LogP contribution in [0.2, 0.25) is 0 Å². The molecule has 2 aromatic carbocycles. The van der Waals surface area contributed by atoms with Gasteiger partial charge in [0.25, 0.3) is 0 Å². The van der Waals surface area contributed by atoms with Crippen molar-refractivity contribution < 1.29 is 8.42 Å². The summed E-state index contributed by atoms with van der Waals surface area (Å²) in [6.07, 6.45) is 0. The van der Waals surface area contributed by atoms with Crippen molar-refractivity contribution in [2.75, 3.05) is 4.72 Å². The van der Waals surface area contributed by atoms with Crippen molar-refractivity contribution >= 4 is 31.6 Å². The average molecular weight is 365 g/mol. The molecule has 0 amide bonds. The van der Waals surface area contributed by atoms with Crippen molar-refractivity contribution in [3.8, 4) is 6.07 Å². The zero-order valence-electron chi connectivity index (χ0n) is 11.3. The average Bonchev–Trinajstić information content (AvgIpc) is 2.42. The maximum Gasteiger partial charge on any atom is 0.236 e. The molecule has 108 valence electrons. The fraction of sp³-hybridized carbons (Fsp3) is 0.133. The van der Waals surface area contributed by atoms with Gasteiger partial charge in [-0.05, 0) is 58.2 Å². The van der Waals surface area contributed by atoms with Gasteiger partial charge in [0.05, 0.1) is 23.1 Å². The molecule has 0 aliphatic carbocycles. The van der Waals surface area contributed by atoms with Crippen LogP contribution in [-0.4, -0.2) is 8.42 Å². The van der Waals surface area contributed by atoms with Gasteiger partial charge >= 0.3 is 0 Å². The third-order valence-electron chi connectivity index (χ3n) is 2.83. The molecular formula is C15H13BrN2O2S. The summed E-state index contributed by atoms with van der Waals surface area (Å²) in [6, 6.07) is 13.9. The first-order valence-electron chi connectivity index (χ1n) is 6.15. The highest BCUT2D eigenvalue weighted by Crippen LogP contribution is 2.25. The minimum Gasteiger partial charge on any atom is -0.282 e. The Bertz CT molecular complexity index is 793. The first-order chi connectivity index (χ1) is 9.89. The Kier molecular flexibility index (Phi) is 4.66. The molecule has 0 saturated heterocycles. The van der Waals surface area contributed by atoms with E-state index in [-0.39, 0.29) is 5.75 Å². The Morgan fingerprint density at radius 1 is 1.19 bits per heavy atom. The number of halogens is 1. The molecule has 4 nitrogen and oxygen atoms in total. The predicted molar refractivity (Wildman–Crippen MR) is 86.3 cm³/mol. The number of benzene rings is 2. The lowest BCUT2D eigenvalue weighted by Gasteiger charge is -2.10. The Balaban J connectivity index is 2.16. The smallest absolute Gasteiger partial charge is 0.236 e. The summed E-state index contributed by atoms with van der Waals surface area (Å²) in [6.45, 7) is 1.93. The minimum atomic E-state index is -3.51. The third kappa shape index (κ3) is 4.31. The van der Waals surface area contributed by atoms with Crippen molar-refractivity contribution in [3.05, 3.63) is 63.6 Å². The lowest BCUT2D eigenvalue weighted by atomic mass is 10.2. The highest BCUT2D eigenvalue weighted by Gasteiger charge is 2.13. The lowest BCUT2D eigenvalue weighted by molar-refractivity contribution is 0.600. The first kappa shape index (κ1) is 15.5. The van der Waals surface area contributed by atoms with Gasteiger partial charge in [0, 0.05) is 4.47 Å². The number of nitriles is 1. The summed E-state index contributed by atoms with van der Waals surface area (Å²) in [5, 5.41) is 8.72. The molecule has 0 bridgehead atoms. The monoisotopic (exact) mass is 364 g/mol. The molecule has 2 rings (SSSR count). The van der Waals surface area contributed by atoms with E-state index in [4.69, 9.17) is 5.26 Å². The summed E-state index contributed by atoms with van der Waals surface area (Å²) in [7, 11) is -3.51. The quantitative estimate of drug-likeness (QED) is 0.901. The van der Waals surface area contributed by atoms with Gasteiger partial charge in [-0.2, -0.15) is 5.26 Å². The summed E-state index contributed by atoms with van der Waals surface area (Å²) in [5.74, 6) is -0.140. The molecule has 0 radical (unpaired) electrons. The van der Waals surface area contributed by atoms with E-state index in [1.807, 2.05) is 25.1 Å². The minimum absolute atomic E-state index is 0.140. The summed E-state index contributed by atoms with van der Waals surface area (Å²) in [5.41, 5.74) is 2.68. The molecule has 0 unspecified atom stereocenters. The van der Waals surface area contributed by atoms with Crippen molar-refractivity contribution in [1.82, 2.24) is 0 Å². The highest BCUT2D eigenvalue weighted by atomic mass is 79.9. The number of hydrogen-bond acceptors (Lipinski definition) is 3. The van der Waals surface area contributed by atoms with E-state index in [1.54, 1.807) is 30.3 Å². The molecule has 0 atom stereocenters. The molecule has 0 saturated carbocycles. The van der Waals surface area contributed by atoms with E-state index in [0.29, 0.717) is 21.3 Å². The molecule has 6 heteroatoms. The van der Waals surface area contributed by atoms with Crippen LogP contribution in [0.5, 0.6) is 0 Å². The van der Waals surface area contributed by atoms with Crippen LogP contribution in [0.25, 0.3) is 0 Å². The van der Waals surface area contributed by atoms with Crippen LogP contribution in [0.15, 0.2) is 46.9 Å². The largest absolute Gasteiger partial charge is 0.282 e. The Labute approximate surface area is 132 Å². The van der Waals surface area contributed by atoms with E-state index >= 15 is 0 Å². The number of nitrogens with one attached hydrogen (secondary N) is 1. The van der Waals surface area contributed by atoms with E-state index in [2.05, 4.69) is 20.7 Å². The second kappa shape index (κ2) is 6.29. The fourth-order valence-corrected chi connectivity index (χ4v) is 3.74. The molecule has 21 heavy (non-hydrogen) atoms. The lowest BCUT2D eigenvalue weighted by Crippen LogP contribution is -2.15. The molecule has 2 aromatic rings. The summed E-state index contributed by atoms with van der Waals surface area (Å²) in [4.78, 5) is 0. The van der Waals surface area contributed by atoms with Crippen LogP contribution >= 0.6 is 15.9 Å². The van der Waals surface area contributed by atoms with Crippen LogP contribution in [0, 0.1) is 18.3 Å². The summed E-state index contributed by atoms with van der Waals surface area (Å²) >= 11 is 3.34. The Hall–Kier alpha value is -1.84. The molecule has 1 N–H and O–H groups in total. The van der Waals surface area contributed by atoms with Crippen molar-refractivity contribution in [1.29, 1.82) is 5.26 Å². The number of anilines is 1. The summed E-state index contributed by atoms with van der Waals surface area (Å²) < 4.78 is 27.6. The van der Waals surface area contributed by atoms with Gasteiger partial charge in [0.1, 0.15) is 0 Å². The van der Waals surface area contributed by atoms with Gasteiger partial charge in [-0.3, -0.25) is 4.72 Å². The topological polar surface area (TPSA) is 70.0 Å². The Morgan fingerprint density at radius 2 is 1.86 bits per heavy atom. The van der Waals surface area contributed by atoms with Crippen LogP contribution in [-0.2, 0) is 15.8 Å². The zero-order valence-corrected chi connectivity index (χ0v) is 13.7. The van der Waals surface area contributed by atoms with Gasteiger partial charge in [-0.1, -0.05) is 18.2 Å². The highest BCUT2D eigenvalue weighted by molar-refractivity contribution is 9.10. The maximum absolute atomic E-state index is 12.2. The zero-order chi connectivity index (χ0) is 15.5. The molecule has 0 aliphatic heterocycles. The van der Waals surface area contributed by atoms with E-state index < -0.39 is 10.0 Å². The third-order valence-corrected chi connectivity index (χ3v) is 4.73. The molecule has 0 aliphatic rings. The van der Waals surface area contributed by atoms with Gasteiger partial charge in [-0.15, -0.1) is 0 Å². The van der Waals surface area contributed by atoms with Crippen LogP contribution in [0.4, 0.5) is 5.69 Å². The fourth-order valence-electron chi connectivity index (χ4n) is 1.80. The number of nitrogens with zero attached hydrogens (tertiary/aromatic N) is 1. The molecule has 0 heterocycles. The number of sulfonamides is 1. The van der Waals surface area contributed by atoms with Crippen molar-refractivity contribution in [2.24, 2.45) is 0 Å². The van der Waals surface area contributed by atoms with Gasteiger partial charge < -0.3 is 0 Å². The van der Waals surface area contributed by atoms with Crippen LogP contribution in [0.3, 0.4) is 0 Å². The van der Waals surface area contributed by atoms with E-state index in [0.717, 1.165) is 5.56 Å². The second-order valence-corrected chi connectivity index (χ2v) is 7.23. The second-order valence-electron chi connectivity index (χ2n) is 4.65. The predicted octanol–water partition coefficient (Wildman–Crippen LogP) is 3.57. The van der Waals surface area contributed by atoms with Crippen molar-refractivity contribution in [2.45, 2.75) is 12.7 Å². The SMILES string of the molecule is Cc1ccc(NS(=O)(=O)Cc2ccc(C#N)cc2)c(Br)c1. The van der Waals surface area contributed by atoms with E-state index in [1.165, 1.54) is 0 Å². The van der Waals surface area contributed by atoms with Crippen molar-refractivity contribution in [3.63, 3.8) is 0 Å². The maximum atomic E-state index is 12.2. The molecular weight excluding hydrogens is 352 g/mol. The normalized spacial score (nSPS) is 10.9. The number of hydrogen-bond donors (Lipinski definition) is 1. The standard InChI is InChI=1S/C15H13BrN2O2S/c1-11-2-7-15(14(16)8-11)18-21(19,20)10-13-5-3-12(9-17)4-6-13/h2-8,18H,10H2,1H3. The van der Waals surface area contributed by atoms with Gasteiger partial charge in [0.15, 0.2) is 0 Å². The van der Waals surface area contributed by atoms with Crippen LogP contribution < -0.4 is 4.72 Å². The van der Waals surface area contributed by atoms with E-state index in [9.17, 15) is 8.42 Å².